The second-order valence-corrected chi connectivity index (χ2v) is 8.69. The van der Waals surface area contributed by atoms with Gasteiger partial charge in [-0.05, 0) is 32.4 Å². The van der Waals surface area contributed by atoms with E-state index in [0.29, 0.717) is 17.9 Å². The molecular formula is C19H22N4O3S. The first-order valence-corrected chi connectivity index (χ1v) is 9.93. The highest BCUT2D eigenvalue weighted by atomic mass is 32.2. The van der Waals surface area contributed by atoms with Crippen LogP contribution >= 0.6 is 11.8 Å². The van der Waals surface area contributed by atoms with Gasteiger partial charge in [0, 0.05) is 19.2 Å². The minimum atomic E-state index is -0.542. The quantitative estimate of drug-likeness (QED) is 0.874. The lowest BCUT2D eigenvalue weighted by Crippen LogP contribution is -2.48. The highest BCUT2D eigenvalue weighted by Crippen LogP contribution is 2.47. The van der Waals surface area contributed by atoms with Crippen LogP contribution in [0.25, 0.3) is 5.69 Å². The molecule has 8 heteroatoms. The second-order valence-electron chi connectivity index (χ2n) is 7.19. The van der Waals surface area contributed by atoms with Crippen molar-refractivity contribution in [3.05, 3.63) is 46.4 Å². The molecule has 2 aliphatic heterocycles. The summed E-state index contributed by atoms with van der Waals surface area (Å²) in [6.45, 7) is 3.80. The number of nitrogens with zero attached hydrogens (tertiary/aromatic N) is 3. The molecule has 7 nitrogen and oxygen atoms in total. The molecule has 0 aliphatic carbocycles. The smallest absolute Gasteiger partial charge is 0.295 e. The van der Waals surface area contributed by atoms with E-state index < -0.39 is 6.04 Å². The van der Waals surface area contributed by atoms with Crippen LogP contribution in [0.4, 0.5) is 5.69 Å². The van der Waals surface area contributed by atoms with Gasteiger partial charge in [0.05, 0.1) is 16.3 Å². The lowest BCUT2D eigenvalue weighted by atomic mass is 10.2. The summed E-state index contributed by atoms with van der Waals surface area (Å²) >= 11 is 1.64. The van der Waals surface area contributed by atoms with Crippen LogP contribution in [0.15, 0.2) is 35.1 Å². The summed E-state index contributed by atoms with van der Waals surface area (Å²) in [4.78, 5) is 39.5. The van der Waals surface area contributed by atoms with Crippen molar-refractivity contribution in [2.45, 2.75) is 37.6 Å². The van der Waals surface area contributed by atoms with Gasteiger partial charge in [-0.3, -0.25) is 19.1 Å². The molecule has 2 fully saturated rings. The van der Waals surface area contributed by atoms with E-state index in [0.717, 1.165) is 12.1 Å². The summed E-state index contributed by atoms with van der Waals surface area (Å²) in [6.07, 6.45) is 1.23. The highest BCUT2D eigenvalue weighted by Gasteiger charge is 2.53. The van der Waals surface area contributed by atoms with Crippen molar-refractivity contribution in [1.82, 2.24) is 14.3 Å². The molecule has 0 radical (unpaired) electrons. The van der Waals surface area contributed by atoms with E-state index in [4.69, 9.17) is 0 Å². The Balaban J connectivity index is 1.65. The summed E-state index contributed by atoms with van der Waals surface area (Å²) in [7, 11) is 1.78. The molecule has 2 amide bonds. The van der Waals surface area contributed by atoms with Crippen molar-refractivity contribution in [1.29, 1.82) is 0 Å². The number of thioether (sulfide) groups is 1. The Morgan fingerprint density at radius 3 is 2.67 bits per heavy atom. The van der Waals surface area contributed by atoms with Crippen molar-refractivity contribution < 1.29 is 9.59 Å². The van der Waals surface area contributed by atoms with Crippen LogP contribution in [0, 0.1) is 6.92 Å². The number of nitrogens with one attached hydrogen (secondary N) is 1. The van der Waals surface area contributed by atoms with Gasteiger partial charge in [0.25, 0.3) is 5.56 Å². The number of carbonyl (C=O) groups is 2. The maximum atomic E-state index is 13.0. The lowest BCUT2D eigenvalue weighted by molar-refractivity contribution is -0.135. The van der Waals surface area contributed by atoms with Gasteiger partial charge in [-0.1, -0.05) is 18.2 Å². The number of fused-ring (bicyclic) bond motifs is 1. The maximum Gasteiger partial charge on any atom is 0.295 e. The van der Waals surface area contributed by atoms with Crippen molar-refractivity contribution in [2.75, 3.05) is 11.1 Å². The third-order valence-corrected chi connectivity index (χ3v) is 7.06. The van der Waals surface area contributed by atoms with Gasteiger partial charge in [-0.2, -0.15) is 0 Å². The Morgan fingerprint density at radius 2 is 1.96 bits per heavy atom. The number of aromatic nitrogens is 2. The van der Waals surface area contributed by atoms with E-state index in [1.54, 1.807) is 35.3 Å². The molecule has 2 aliphatic rings. The van der Waals surface area contributed by atoms with E-state index in [-0.39, 0.29) is 27.9 Å². The number of carbonyl (C=O) groups excluding carboxylic acids is 2. The molecule has 1 aromatic carbocycles. The summed E-state index contributed by atoms with van der Waals surface area (Å²) in [6, 6.07) is 8.74. The Kier molecular flexibility index (Phi) is 4.18. The normalized spacial score (nSPS) is 24.3. The summed E-state index contributed by atoms with van der Waals surface area (Å²) in [5, 5.41) is 2.80. The monoisotopic (exact) mass is 386 g/mol. The molecule has 1 aromatic heterocycles. The van der Waals surface area contributed by atoms with Gasteiger partial charge in [0.15, 0.2) is 0 Å². The van der Waals surface area contributed by atoms with Gasteiger partial charge >= 0.3 is 0 Å². The zero-order valence-electron chi connectivity index (χ0n) is 15.6. The van der Waals surface area contributed by atoms with Gasteiger partial charge in [-0.15, -0.1) is 11.8 Å². The first-order valence-electron chi connectivity index (χ1n) is 8.94. The van der Waals surface area contributed by atoms with Gasteiger partial charge in [-0.25, -0.2) is 4.68 Å². The first kappa shape index (κ1) is 17.9. The van der Waals surface area contributed by atoms with Crippen LogP contribution < -0.4 is 10.9 Å². The molecule has 4 rings (SSSR count). The number of hydrogen-bond acceptors (Lipinski definition) is 4. The molecule has 0 bridgehead atoms. The van der Waals surface area contributed by atoms with Crippen LogP contribution in [-0.2, 0) is 16.6 Å². The third kappa shape index (κ3) is 2.70. The van der Waals surface area contributed by atoms with E-state index in [2.05, 4.69) is 5.32 Å². The largest absolute Gasteiger partial charge is 0.318 e. The van der Waals surface area contributed by atoms with Gasteiger partial charge in [0.1, 0.15) is 11.7 Å². The Bertz CT molecular complexity index is 981. The third-order valence-electron chi connectivity index (χ3n) is 5.55. The molecule has 1 N–H and O–H groups in total. The van der Waals surface area contributed by atoms with E-state index >= 15 is 0 Å². The summed E-state index contributed by atoms with van der Waals surface area (Å²) in [5.74, 6) is 0.258. The SMILES string of the molecule is Cc1c(NC(=O)C2CSC3(C)CCC(=O)N23)c(=O)n(-c2ccccc2)n1C. The molecule has 3 heterocycles. The minimum absolute atomic E-state index is 0.00845. The Labute approximate surface area is 161 Å². The zero-order valence-corrected chi connectivity index (χ0v) is 16.4. The lowest BCUT2D eigenvalue weighted by Gasteiger charge is -2.29. The molecule has 27 heavy (non-hydrogen) atoms. The number of anilines is 1. The van der Waals surface area contributed by atoms with Crippen LogP contribution in [0.1, 0.15) is 25.5 Å². The fourth-order valence-electron chi connectivity index (χ4n) is 3.93. The number of amides is 2. The molecular weight excluding hydrogens is 364 g/mol. The van der Waals surface area contributed by atoms with Crippen molar-refractivity contribution in [3.8, 4) is 5.69 Å². The van der Waals surface area contributed by atoms with E-state index in [9.17, 15) is 14.4 Å². The van der Waals surface area contributed by atoms with E-state index in [1.807, 2.05) is 37.3 Å². The maximum absolute atomic E-state index is 13.0. The molecule has 142 valence electrons. The standard InChI is InChI=1S/C19H22N4O3S/c1-12-16(18(26)23(21(12)3)13-7-5-4-6-8-13)20-17(25)14-11-27-19(2)10-9-15(24)22(14)19/h4-8,14H,9-11H2,1-3H3,(H,20,25). The molecule has 2 saturated heterocycles. The topological polar surface area (TPSA) is 76.3 Å². The Morgan fingerprint density at radius 1 is 1.26 bits per heavy atom. The van der Waals surface area contributed by atoms with Crippen molar-refractivity contribution in [3.63, 3.8) is 0 Å². The highest BCUT2D eigenvalue weighted by molar-refractivity contribution is 8.01. The number of rotatable bonds is 3. The van der Waals surface area contributed by atoms with Gasteiger partial charge < -0.3 is 10.2 Å². The average Bonchev–Trinajstić information content (AvgIpc) is 3.22. The minimum Gasteiger partial charge on any atom is -0.318 e. The second kappa shape index (κ2) is 6.30. The molecule has 0 spiro atoms. The predicted molar refractivity (Wildman–Crippen MR) is 105 cm³/mol. The fourth-order valence-corrected chi connectivity index (χ4v) is 5.37. The molecule has 2 unspecified atom stereocenters. The molecule has 0 saturated carbocycles. The zero-order chi connectivity index (χ0) is 19.3. The molecule has 2 aromatic rings. The Hall–Kier alpha value is -2.48. The van der Waals surface area contributed by atoms with Crippen molar-refractivity contribution >= 4 is 29.3 Å². The predicted octanol–water partition coefficient (Wildman–Crippen LogP) is 1.88. The number of para-hydroxylation sites is 1. The molecule has 2 atom stereocenters. The van der Waals surface area contributed by atoms with Crippen LogP contribution in [0.3, 0.4) is 0 Å². The van der Waals surface area contributed by atoms with Crippen LogP contribution in [0.2, 0.25) is 0 Å². The first-order chi connectivity index (χ1) is 12.8. The van der Waals surface area contributed by atoms with Crippen molar-refractivity contribution in [2.24, 2.45) is 7.05 Å². The van der Waals surface area contributed by atoms with Crippen LogP contribution in [-0.4, -0.2) is 42.7 Å². The fraction of sp³-hybridized carbons (Fsp3) is 0.421. The van der Waals surface area contributed by atoms with Crippen LogP contribution in [0.5, 0.6) is 0 Å². The van der Waals surface area contributed by atoms with Gasteiger partial charge in [0.2, 0.25) is 11.8 Å². The number of hydrogen-bond donors (Lipinski definition) is 1. The number of benzene rings is 1. The summed E-state index contributed by atoms with van der Waals surface area (Å²) < 4.78 is 3.25. The van der Waals surface area contributed by atoms with E-state index in [1.165, 1.54) is 4.68 Å². The summed E-state index contributed by atoms with van der Waals surface area (Å²) in [5.41, 5.74) is 1.37. The average molecular weight is 386 g/mol.